The zero-order chi connectivity index (χ0) is 15.8. The summed E-state index contributed by atoms with van der Waals surface area (Å²) < 4.78 is 5.52. The highest BCUT2D eigenvalue weighted by Crippen LogP contribution is 2.23. The van der Waals surface area contributed by atoms with Gasteiger partial charge in [0.2, 0.25) is 5.91 Å². The summed E-state index contributed by atoms with van der Waals surface area (Å²) in [5, 5.41) is 2.78. The summed E-state index contributed by atoms with van der Waals surface area (Å²) in [4.78, 5) is 11.8. The fourth-order valence-electron chi connectivity index (χ4n) is 1.89. The second kappa shape index (κ2) is 7.88. The maximum atomic E-state index is 11.8. The van der Waals surface area contributed by atoms with Gasteiger partial charge in [-0.15, -0.1) is 0 Å². The molecule has 0 aromatic heterocycles. The summed E-state index contributed by atoms with van der Waals surface area (Å²) >= 11 is 0. The topological polar surface area (TPSA) is 64.3 Å². The van der Waals surface area contributed by atoms with Crippen LogP contribution >= 0.6 is 0 Å². The van der Waals surface area contributed by atoms with Crippen molar-refractivity contribution in [3.63, 3.8) is 0 Å². The predicted molar refractivity (Wildman–Crippen MR) is 90.7 cm³/mol. The summed E-state index contributed by atoms with van der Waals surface area (Å²) in [5.41, 5.74) is 8.12. The molecule has 0 saturated heterocycles. The molecule has 0 bridgehead atoms. The number of para-hydroxylation sites is 1. The third-order valence-corrected chi connectivity index (χ3v) is 2.96. The fraction of sp³-hybridized carbons (Fsp3) is 0.167. The molecule has 4 nitrogen and oxygen atoms in total. The van der Waals surface area contributed by atoms with Crippen molar-refractivity contribution in [1.29, 1.82) is 0 Å². The van der Waals surface area contributed by atoms with E-state index in [2.05, 4.69) is 5.32 Å². The SMILES string of the molecule is CCCOc1ccc(/C=C\C(=O)Nc2ccccc2)cc1N. The summed E-state index contributed by atoms with van der Waals surface area (Å²) in [5.74, 6) is 0.490. The summed E-state index contributed by atoms with van der Waals surface area (Å²) in [7, 11) is 0. The van der Waals surface area contributed by atoms with Gasteiger partial charge >= 0.3 is 0 Å². The lowest BCUT2D eigenvalue weighted by atomic mass is 10.1. The Bertz CT molecular complexity index is 651. The number of nitrogen functional groups attached to an aromatic ring is 1. The number of hydrogen-bond donors (Lipinski definition) is 2. The number of carbonyl (C=O) groups excluding carboxylic acids is 1. The van der Waals surface area contributed by atoms with Crippen molar-refractivity contribution in [2.24, 2.45) is 0 Å². The van der Waals surface area contributed by atoms with E-state index in [0.717, 1.165) is 17.7 Å². The molecule has 1 amide bonds. The zero-order valence-electron chi connectivity index (χ0n) is 12.6. The molecule has 22 heavy (non-hydrogen) atoms. The van der Waals surface area contributed by atoms with Crippen LogP contribution in [0.2, 0.25) is 0 Å². The molecule has 0 atom stereocenters. The molecule has 0 saturated carbocycles. The average molecular weight is 296 g/mol. The number of ether oxygens (including phenoxy) is 1. The molecular weight excluding hydrogens is 276 g/mol. The Morgan fingerprint density at radius 2 is 2.00 bits per heavy atom. The third-order valence-electron chi connectivity index (χ3n) is 2.96. The number of nitrogens with one attached hydrogen (secondary N) is 1. The Balaban J connectivity index is 1.97. The Kier molecular flexibility index (Phi) is 5.60. The lowest BCUT2D eigenvalue weighted by Gasteiger charge is -2.08. The molecule has 2 aromatic carbocycles. The maximum Gasteiger partial charge on any atom is 0.248 e. The number of carbonyl (C=O) groups is 1. The van der Waals surface area contributed by atoms with Crippen molar-refractivity contribution in [1.82, 2.24) is 0 Å². The largest absolute Gasteiger partial charge is 0.491 e. The van der Waals surface area contributed by atoms with Gasteiger partial charge < -0.3 is 15.8 Å². The van der Waals surface area contributed by atoms with E-state index in [4.69, 9.17) is 10.5 Å². The van der Waals surface area contributed by atoms with Crippen LogP contribution in [-0.2, 0) is 4.79 Å². The Hall–Kier alpha value is -2.75. The highest BCUT2D eigenvalue weighted by atomic mass is 16.5. The standard InChI is InChI=1S/C18H20N2O2/c1-2-12-22-17-10-8-14(13-16(17)19)9-11-18(21)20-15-6-4-3-5-7-15/h3-11,13H,2,12,19H2,1H3,(H,20,21)/b11-9-. The molecule has 0 spiro atoms. The van der Waals surface area contributed by atoms with Crippen LogP contribution in [-0.4, -0.2) is 12.5 Å². The molecule has 2 rings (SSSR count). The van der Waals surface area contributed by atoms with Crippen LogP contribution in [0.5, 0.6) is 5.75 Å². The van der Waals surface area contributed by atoms with E-state index in [1.807, 2.05) is 49.4 Å². The van der Waals surface area contributed by atoms with E-state index >= 15 is 0 Å². The van der Waals surface area contributed by atoms with Gasteiger partial charge in [-0.05, 0) is 42.3 Å². The van der Waals surface area contributed by atoms with Gasteiger partial charge in [-0.25, -0.2) is 0 Å². The third kappa shape index (κ3) is 4.66. The quantitative estimate of drug-likeness (QED) is 0.631. The summed E-state index contributed by atoms with van der Waals surface area (Å²) in [6, 6.07) is 14.8. The highest BCUT2D eigenvalue weighted by molar-refractivity contribution is 6.01. The number of nitrogens with two attached hydrogens (primary N) is 1. The van der Waals surface area contributed by atoms with Gasteiger partial charge in [0.15, 0.2) is 0 Å². The fourth-order valence-corrected chi connectivity index (χ4v) is 1.89. The van der Waals surface area contributed by atoms with E-state index in [9.17, 15) is 4.79 Å². The van der Waals surface area contributed by atoms with Gasteiger partial charge in [-0.3, -0.25) is 4.79 Å². The van der Waals surface area contributed by atoms with Gasteiger partial charge in [0, 0.05) is 11.8 Å². The van der Waals surface area contributed by atoms with E-state index in [0.29, 0.717) is 18.0 Å². The minimum Gasteiger partial charge on any atom is -0.491 e. The number of benzene rings is 2. The minimum absolute atomic E-state index is 0.184. The number of anilines is 2. The lowest BCUT2D eigenvalue weighted by Crippen LogP contribution is -2.07. The van der Waals surface area contributed by atoms with E-state index < -0.39 is 0 Å². The molecule has 3 N–H and O–H groups in total. The second-order valence-electron chi connectivity index (χ2n) is 4.83. The van der Waals surface area contributed by atoms with Gasteiger partial charge in [0.25, 0.3) is 0 Å². The van der Waals surface area contributed by atoms with Crippen LogP contribution in [0.1, 0.15) is 18.9 Å². The minimum atomic E-state index is -0.184. The Labute approximate surface area is 130 Å². The predicted octanol–water partition coefficient (Wildman–Crippen LogP) is 3.71. The van der Waals surface area contributed by atoms with E-state index in [1.165, 1.54) is 6.08 Å². The van der Waals surface area contributed by atoms with Crippen LogP contribution in [0, 0.1) is 0 Å². The summed E-state index contributed by atoms with van der Waals surface area (Å²) in [6.45, 7) is 2.68. The van der Waals surface area contributed by atoms with E-state index in [1.54, 1.807) is 12.1 Å². The molecule has 0 aliphatic rings. The highest BCUT2D eigenvalue weighted by Gasteiger charge is 2.01. The van der Waals surface area contributed by atoms with Gasteiger partial charge in [-0.2, -0.15) is 0 Å². The molecule has 0 unspecified atom stereocenters. The number of rotatable bonds is 6. The molecule has 0 aliphatic carbocycles. The van der Waals surface area contributed by atoms with Crippen molar-refractivity contribution in [2.45, 2.75) is 13.3 Å². The van der Waals surface area contributed by atoms with Crippen LogP contribution in [0.4, 0.5) is 11.4 Å². The first-order chi connectivity index (χ1) is 10.7. The smallest absolute Gasteiger partial charge is 0.248 e. The average Bonchev–Trinajstić information content (AvgIpc) is 2.53. The first-order valence-electron chi connectivity index (χ1n) is 7.25. The van der Waals surface area contributed by atoms with Crippen molar-refractivity contribution in [3.05, 3.63) is 60.2 Å². The van der Waals surface area contributed by atoms with Gasteiger partial charge in [0.1, 0.15) is 5.75 Å². The zero-order valence-corrected chi connectivity index (χ0v) is 12.6. The first kappa shape index (κ1) is 15.6. The molecule has 2 aromatic rings. The van der Waals surface area contributed by atoms with Crippen LogP contribution in [0.25, 0.3) is 6.08 Å². The van der Waals surface area contributed by atoms with Crippen molar-refractivity contribution >= 4 is 23.4 Å². The first-order valence-corrected chi connectivity index (χ1v) is 7.25. The van der Waals surface area contributed by atoms with Gasteiger partial charge in [-0.1, -0.05) is 31.2 Å². The van der Waals surface area contributed by atoms with Crippen LogP contribution < -0.4 is 15.8 Å². The molecule has 0 radical (unpaired) electrons. The maximum absolute atomic E-state index is 11.8. The molecule has 4 heteroatoms. The van der Waals surface area contributed by atoms with Crippen molar-refractivity contribution in [3.8, 4) is 5.75 Å². The van der Waals surface area contributed by atoms with Crippen molar-refractivity contribution in [2.75, 3.05) is 17.7 Å². The molecule has 0 heterocycles. The van der Waals surface area contributed by atoms with Crippen molar-refractivity contribution < 1.29 is 9.53 Å². The summed E-state index contributed by atoms with van der Waals surface area (Å²) in [6.07, 6.45) is 4.13. The monoisotopic (exact) mass is 296 g/mol. The number of hydrogen-bond acceptors (Lipinski definition) is 3. The van der Waals surface area contributed by atoms with Crippen LogP contribution in [0.3, 0.4) is 0 Å². The lowest BCUT2D eigenvalue weighted by molar-refractivity contribution is -0.111. The normalized spacial score (nSPS) is 10.6. The van der Waals surface area contributed by atoms with Gasteiger partial charge in [0.05, 0.1) is 12.3 Å². The van der Waals surface area contributed by atoms with Crippen LogP contribution in [0.15, 0.2) is 54.6 Å². The molecule has 0 aliphatic heterocycles. The number of amides is 1. The molecule has 0 fully saturated rings. The molecule has 114 valence electrons. The Morgan fingerprint density at radius 1 is 1.23 bits per heavy atom. The second-order valence-corrected chi connectivity index (χ2v) is 4.83. The Morgan fingerprint density at radius 3 is 2.68 bits per heavy atom. The van der Waals surface area contributed by atoms with E-state index in [-0.39, 0.29) is 5.91 Å². The molecular formula is C18H20N2O2.